The number of hydrogen-bond donors (Lipinski definition) is 0. The lowest BCUT2D eigenvalue weighted by Crippen LogP contribution is -2.37. The third-order valence-corrected chi connectivity index (χ3v) is 4.64. The van der Waals surface area contributed by atoms with Crippen LogP contribution in [0.3, 0.4) is 0 Å². The molecule has 2 nitrogen and oxygen atoms in total. The van der Waals surface area contributed by atoms with Gasteiger partial charge in [0.15, 0.2) is 0 Å². The number of nitrogens with zero attached hydrogens (tertiary/aromatic N) is 1. The largest absolute Gasteiger partial charge is 0.354 e. The van der Waals surface area contributed by atoms with Gasteiger partial charge in [0.05, 0.1) is 12.6 Å². The molecule has 2 aromatic carbocycles. The van der Waals surface area contributed by atoms with Gasteiger partial charge in [-0.15, -0.1) is 0 Å². The Balaban J connectivity index is 1.73. The van der Waals surface area contributed by atoms with Crippen LogP contribution in [0.2, 0.25) is 0 Å². The van der Waals surface area contributed by atoms with E-state index < -0.39 is 0 Å². The van der Waals surface area contributed by atoms with Crippen molar-refractivity contribution < 1.29 is 4.74 Å². The molecule has 0 aliphatic carbocycles. The summed E-state index contributed by atoms with van der Waals surface area (Å²) in [5.41, 5.74) is 2.48. The second-order valence-corrected chi connectivity index (χ2v) is 5.68. The van der Waals surface area contributed by atoms with Gasteiger partial charge in [-0.1, -0.05) is 60.7 Å². The zero-order valence-electron chi connectivity index (χ0n) is 11.5. The van der Waals surface area contributed by atoms with Crippen molar-refractivity contribution in [3.05, 3.63) is 71.8 Å². The highest BCUT2D eigenvalue weighted by molar-refractivity contribution is 5.28. The molecule has 0 N–H and O–H groups in total. The molecule has 0 bridgehead atoms. The van der Waals surface area contributed by atoms with Gasteiger partial charge >= 0.3 is 0 Å². The lowest BCUT2D eigenvalue weighted by atomic mass is 9.99. The Morgan fingerprint density at radius 2 is 1.65 bits per heavy atom. The van der Waals surface area contributed by atoms with Crippen LogP contribution in [0.25, 0.3) is 0 Å². The van der Waals surface area contributed by atoms with E-state index in [2.05, 4.69) is 65.6 Å². The molecule has 0 amide bonds. The minimum absolute atomic E-state index is 0.193. The maximum absolute atomic E-state index is 6.34. The Labute approximate surface area is 120 Å². The predicted molar refractivity (Wildman–Crippen MR) is 79.2 cm³/mol. The van der Waals surface area contributed by atoms with Crippen LogP contribution in [0.15, 0.2) is 60.7 Å². The molecule has 0 saturated carbocycles. The maximum Gasteiger partial charge on any atom is 0.148 e. The minimum Gasteiger partial charge on any atom is -0.354 e. The topological polar surface area (TPSA) is 12.5 Å². The highest BCUT2D eigenvalue weighted by atomic mass is 16.5. The molecule has 2 heterocycles. The highest BCUT2D eigenvalue weighted by Gasteiger charge is 2.51. The summed E-state index contributed by atoms with van der Waals surface area (Å²) in [6, 6.07) is 21.8. The minimum atomic E-state index is -0.193. The van der Waals surface area contributed by atoms with E-state index in [0.717, 1.165) is 19.6 Å². The number of ether oxygens (including phenoxy) is 1. The van der Waals surface area contributed by atoms with Gasteiger partial charge in [-0.3, -0.25) is 4.90 Å². The predicted octanol–water partition coefficient (Wildman–Crippen LogP) is 3.71. The first kappa shape index (κ1) is 12.1. The summed E-state index contributed by atoms with van der Waals surface area (Å²) in [4.78, 5) is 2.55. The van der Waals surface area contributed by atoms with Crippen molar-refractivity contribution in [1.29, 1.82) is 0 Å². The summed E-state index contributed by atoms with van der Waals surface area (Å²) in [7, 11) is 0. The van der Waals surface area contributed by atoms with Gasteiger partial charge in [0.1, 0.15) is 5.72 Å². The summed E-state index contributed by atoms with van der Waals surface area (Å²) in [5, 5.41) is 0. The van der Waals surface area contributed by atoms with E-state index in [1.54, 1.807) is 0 Å². The SMILES string of the molecule is c1ccc([C@H]2CO[C@]3(c4ccccc4)CCCN23)cc1. The van der Waals surface area contributed by atoms with Crippen molar-refractivity contribution in [3.63, 3.8) is 0 Å². The molecule has 4 rings (SSSR count). The average Bonchev–Trinajstić information content (AvgIpc) is 3.08. The van der Waals surface area contributed by atoms with Gasteiger partial charge in [-0.2, -0.15) is 0 Å². The monoisotopic (exact) mass is 265 g/mol. The first-order valence-electron chi connectivity index (χ1n) is 7.41. The molecule has 2 atom stereocenters. The van der Waals surface area contributed by atoms with Crippen LogP contribution in [-0.2, 0) is 10.5 Å². The van der Waals surface area contributed by atoms with E-state index in [-0.39, 0.29) is 5.72 Å². The Hall–Kier alpha value is -1.64. The Morgan fingerprint density at radius 3 is 2.40 bits per heavy atom. The Bertz CT molecular complexity index is 583. The zero-order valence-corrected chi connectivity index (χ0v) is 11.5. The first-order valence-corrected chi connectivity index (χ1v) is 7.41. The van der Waals surface area contributed by atoms with E-state index in [1.807, 2.05) is 0 Å². The normalized spacial score (nSPS) is 29.5. The van der Waals surface area contributed by atoms with Gasteiger partial charge in [-0.05, 0) is 24.0 Å². The molecule has 20 heavy (non-hydrogen) atoms. The summed E-state index contributed by atoms with van der Waals surface area (Å²) < 4.78 is 6.34. The van der Waals surface area contributed by atoms with Crippen molar-refractivity contribution >= 4 is 0 Å². The summed E-state index contributed by atoms with van der Waals surface area (Å²) in [5.74, 6) is 0. The first-order chi connectivity index (χ1) is 9.90. The highest BCUT2D eigenvalue weighted by Crippen LogP contribution is 2.49. The van der Waals surface area contributed by atoms with E-state index in [9.17, 15) is 0 Å². The van der Waals surface area contributed by atoms with Crippen LogP contribution in [0.5, 0.6) is 0 Å². The van der Waals surface area contributed by atoms with E-state index in [0.29, 0.717) is 6.04 Å². The molecule has 2 saturated heterocycles. The van der Waals surface area contributed by atoms with Crippen molar-refractivity contribution in [1.82, 2.24) is 4.90 Å². The molecule has 0 unspecified atom stereocenters. The van der Waals surface area contributed by atoms with Crippen LogP contribution in [0.1, 0.15) is 30.0 Å². The Kier molecular flexibility index (Phi) is 2.86. The Morgan fingerprint density at radius 1 is 0.950 bits per heavy atom. The van der Waals surface area contributed by atoms with Gasteiger partial charge in [-0.25, -0.2) is 0 Å². The number of benzene rings is 2. The molecule has 0 spiro atoms. The molecular weight excluding hydrogens is 246 g/mol. The standard InChI is InChI=1S/C18H19NO/c1-3-8-15(9-4-1)17-14-20-18(12-7-13-19(17)18)16-10-5-2-6-11-16/h1-6,8-11,17H,7,12-14H2/t17-,18+/m1/s1. The van der Waals surface area contributed by atoms with Crippen LogP contribution in [0, 0.1) is 0 Å². The summed E-state index contributed by atoms with van der Waals surface area (Å²) in [6.07, 6.45) is 2.30. The van der Waals surface area contributed by atoms with Crippen LogP contribution >= 0.6 is 0 Å². The third kappa shape index (κ3) is 1.72. The van der Waals surface area contributed by atoms with Crippen molar-refractivity contribution in [2.24, 2.45) is 0 Å². The van der Waals surface area contributed by atoms with Gasteiger partial charge in [0, 0.05) is 6.54 Å². The number of hydrogen-bond acceptors (Lipinski definition) is 2. The fourth-order valence-corrected chi connectivity index (χ4v) is 3.73. The van der Waals surface area contributed by atoms with Crippen LogP contribution in [0.4, 0.5) is 0 Å². The lowest BCUT2D eigenvalue weighted by Gasteiger charge is -2.33. The number of fused-ring (bicyclic) bond motifs is 1. The zero-order chi connectivity index (χ0) is 13.4. The van der Waals surface area contributed by atoms with Crippen molar-refractivity contribution in [2.75, 3.05) is 13.2 Å². The maximum atomic E-state index is 6.34. The van der Waals surface area contributed by atoms with Crippen molar-refractivity contribution in [3.8, 4) is 0 Å². The van der Waals surface area contributed by atoms with E-state index in [1.165, 1.54) is 17.5 Å². The average molecular weight is 265 g/mol. The van der Waals surface area contributed by atoms with Crippen LogP contribution in [-0.4, -0.2) is 18.1 Å². The molecule has 2 aromatic rings. The molecule has 2 heteroatoms. The molecular formula is C18H19NO. The van der Waals surface area contributed by atoms with E-state index >= 15 is 0 Å². The molecule has 102 valence electrons. The number of rotatable bonds is 2. The summed E-state index contributed by atoms with van der Waals surface area (Å²) >= 11 is 0. The van der Waals surface area contributed by atoms with E-state index in [4.69, 9.17) is 4.74 Å². The lowest BCUT2D eigenvalue weighted by molar-refractivity contribution is -0.0671. The van der Waals surface area contributed by atoms with Gasteiger partial charge in [0.25, 0.3) is 0 Å². The molecule has 2 aliphatic heterocycles. The fourth-order valence-electron chi connectivity index (χ4n) is 3.73. The molecule has 2 fully saturated rings. The molecule has 2 aliphatic rings. The van der Waals surface area contributed by atoms with Crippen LogP contribution < -0.4 is 0 Å². The summed E-state index contributed by atoms with van der Waals surface area (Å²) in [6.45, 7) is 1.91. The molecule has 0 radical (unpaired) electrons. The quantitative estimate of drug-likeness (QED) is 0.821. The smallest absolute Gasteiger partial charge is 0.148 e. The fraction of sp³-hybridized carbons (Fsp3) is 0.333. The van der Waals surface area contributed by atoms with Gasteiger partial charge in [0.2, 0.25) is 0 Å². The molecule has 0 aromatic heterocycles. The second kappa shape index (κ2) is 4.72. The second-order valence-electron chi connectivity index (χ2n) is 5.68. The van der Waals surface area contributed by atoms with Gasteiger partial charge < -0.3 is 4.74 Å². The van der Waals surface area contributed by atoms with Crippen molar-refractivity contribution in [2.45, 2.75) is 24.6 Å². The third-order valence-electron chi connectivity index (χ3n) is 4.64.